The summed E-state index contributed by atoms with van der Waals surface area (Å²) in [6.07, 6.45) is 4.57. The smallest absolute Gasteiger partial charge is 0.233 e. The van der Waals surface area contributed by atoms with Gasteiger partial charge in [0, 0.05) is 13.1 Å². The maximum Gasteiger partial charge on any atom is 0.233 e. The largest absolute Gasteiger partial charge is 0.492 e. The zero-order valence-electron chi connectivity index (χ0n) is 16.2. The van der Waals surface area contributed by atoms with Crippen LogP contribution in [0.2, 0.25) is 0 Å². The molecule has 146 valence electrons. The molecule has 27 heavy (non-hydrogen) atoms. The van der Waals surface area contributed by atoms with Crippen LogP contribution in [-0.2, 0) is 4.79 Å². The van der Waals surface area contributed by atoms with E-state index >= 15 is 0 Å². The van der Waals surface area contributed by atoms with E-state index in [1.807, 2.05) is 43.1 Å². The van der Waals surface area contributed by atoms with Gasteiger partial charge in [0.05, 0.1) is 12.4 Å². The van der Waals surface area contributed by atoms with E-state index in [1.54, 1.807) is 4.68 Å². The van der Waals surface area contributed by atoms with Crippen molar-refractivity contribution in [2.45, 2.75) is 50.7 Å². The fraction of sp³-hybridized carbons (Fsp3) is 0.579. The fourth-order valence-electron chi connectivity index (χ4n) is 3.39. The highest BCUT2D eigenvalue weighted by molar-refractivity contribution is 7.99. The van der Waals surface area contributed by atoms with Crippen LogP contribution in [0.3, 0.4) is 0 Å². The number of amides is 1. The lowest BCUT2D eigenvalue weighted by Gasteiger charge is -2.33. The number of hydrogen-bond donors (Lipinski definition) is 0. The third-order valence-corrected chi connectivity index (χ3v) is 5.99. The molecule has 1 saturated carbocycles. The van der Waals surface area contributed by atoms with Gasteiger partial charge in [-0.2, -0.15) is 4.68 Å². The van der Waals surface area contributed by atoms with Crippen LogP contribution in [0, 0.1) is 5.92 Å². The number of nitrogens with zero attached hydrogens (tertiary/aromatic N) is 5. The van der Waals surface area contributed by atoms with Crippen molar-refractivity contribution in [3.8, 4) is 11.4 Å². The molecule has 1 heterocycles. The summed E-state index contributed by atoms with van der Waals surface area (Å²) in [5.74, 6) is 1.93. The second kappa shape index (κ2) is 9.21. The normalized spacial score (nSPS) is 19.7. The van der Waals surface area contributed by atoms with Crippen LogP contribution in [-0.4, -0.2) is 56.5 Å². The van der Waals surface area contributed by atoms with Crippen molar-refractivity contribution < 1.29 is 9.53 Å². The molecular formula is C19H27N5O2S. The van der Waals surface area contributed by atoms with E-state index in [2.05, 4.69) is 22.4 Å². The summed E-state index contributed by atoms with van der Waals surface area (Å²) < 4.78 is 7.30. The molecule has 1 aromatic carbocycles. The molecule has 3 rings (SSSR count). The Hall–Kier alpha value is -2.09. The van der Waals surface area contributed by atoms with Gasteiger partial charge in [-0.15, -0.1) is 5.10 Å². The molecule has 7 nitrogen and oxygen atoms in total. The molecule has 0 unspecified atom stereocenters. The number of carbonyl (C=O) groups is 1. The van der Waals surface area contributed by atoms with Crippen LogP contribution in [0.5, 0.6) is 5.75 Å². The molecule has 1 aliphatic carbocycles. The van der Waals surface area contributed by atoms with Crippen LogP contribution in [0.25, 0.3) is 5.69 Å². The second-order valence-electron chi connectivity index (χ2n) is 6.98. The van der Waals surface area contributed by atoms with E-state index < -0.39 is 0 Å². The monoisotopic (exact) mass is 389 g/mol. The molecule has 0 N–H and O–H groups in total. The zero-order valence-corrected chi connectivity index (χ0v) is 17.0. The lowest BCUT2D eigenvalue weighted by molar-refractivity contribution is -0.129. The van der Waals surface area contributed by atoms with Crippen LogP contribution >= 0.6 is 11.8 Å². The van der Waals surface area contributed by atoms with Crippen LogP contribution in [0.4, 0.5) is 0 Å². The van der Waals surface area contributed by atoms with E-state index in [9.17, 15) is 4.79 Å². The molecule has 0 atom stereocenters. The SMILES string of the molecule is CCOc1ccccc1-n1nnnc1SCC(=O)N(C)C1CCC(C)CC1. The van der Waals surface area contributed by atoms with Crippen molar-refractivity contribution >= 4 is 17.7 Å². The molecule has 0 saturated heterocycles. The first-order valence-corrected chi connectivity index (χ1v) is 10.5. The summed E-state index contributed by atoms with van der Waals surface area (Å²) in [6, 6.07) is 7.97. The molecule has 1 amide bonds. The van der Waals surface area contributed by atoms with Crippen molar-refractivity contribution in [2.24, 2.45) is 5.92 Å². The van der Waals surface area contributed by atoms with Crippen LogP contribution in [0.1, 0.15) is 39.5 Å². The maximum atomic E-state index is 12.6. The van der Waals surface area contributed by atoms with Gasteiger partial charge in [-0.1, -0.05) is 30.8 Å². The van der Waals surface area contributed by atoms with Crippen molar-refractivity contribution in [3.05, 3.63) is 24.3 Å². The molecule has 1 aromatic heterocycles. The Morgan fingerprint density at radius 1 is 1.30 bits per heavy atom. The van der Waals surface area contributed by atoms with E-state index in [1.165, 1.54) is 24.6 Å². The number of tetrazole rings is 1. The number of thioether (sulfide) groups is 1. The molecule has 0 aliphatic heterocycles. The maximum absolute atomic E-state index is 12.6. The summed E-state index contributed by atoms with van der Waals surface area (Å²) in [4.78, 5) is 14.5. The van der Waals surface area contributed by atoms with Gasteiger partial charge in [0.2, 0.25) is 11.1 Å². The zero-order chi connectivity index (χ0) is 19.2. The Morgan fingerprint density at radius 3 is 2.78 bits per heavy atom. The first-order valence-electron chi connectivity index (χ1n) is 9.49. The van der Waals surface area contributed by atoms with Crippen molar-refractivity contribution in [3.63, 3.8) is 0 Å². The van der Waals surface area contributed by atoms with Crippen molar-refractivity contribution in [2.75, 3.05) is 19.4 Å². The topological polar surface area (TPSA) is 73.1 Å². The molecule has 2 aromatic rings. The number of aromatic nitrogens is 4. The minimum atomic E-state index is 0.118. The summed E-state index contributed by atoms with van der Waals surface area (Å²) in [5.41, 5.74) is 0.772. The number of carbonyl (C=O) groups excluding carboxylic acids is 1. The summed E-state index contributed by atoms with van der Waals surface area (Å²) in [6.45, 7) is 4.78. The number of benzene rings is 1. The van der Waals surface area contributed by atoms with Gasteiger partial charge in [0.15, 0.2) is 0 Å². The van der Waals surface area contributed by atoms with E-state index in [0.29, 0.717) is 29.3 Å². The number of hydrogen-bond acceptors (Lipinski definition) is 6. The number of para-hydroxylation sites is 2. The third kappa shape index (κ3) is 4.80. The first kappa shape index (κ1) is 19.7. The van der Waals surface area contributed by atoms with Crippen molar-refractivity contribution in [1.82, 2.24) is 25.1 Å². The molecule has 1 aliphatic rings. The Kier molecular flexibility index (Phi) is 6.71. The van der Waals surface area contributed by atoms with Gasteiger partial charge in [0.25, 0.3) is 0 Å². The average molecular weight is 390 g/mol. The third-order valence-electron chi connectivity index (χ3n) is 5.09. The summed E-state index contributed by atoms with van der Waals surface area (Å²) >= 11 is 1.36. The number of ether oxygens (including phenoxy) is 1. The van der Waals surface area contributed by atoms with Gasteiger partial charge in [-0.3, -0.25) is 4.79 Å². The van der Waals surface area contributed by atoms with E-state index in [-0.39, 0.29) is 5.91 Å². The fourth-order valence-corrected chi connectivity index (χ4v) is 4.20. The Bertz CT molecular complexity index is 758. The van der Waals surface area contributed by atoms with Crippen molar-refractivity contribution in [1.29, 1.82) is 0 Å². The van der Waals surface area contributed by atoms with Gasteiger partial charge in [-0.05, 0) is 61.1 Å². The quantitative estimate of drug-likeness (QED) is 0.677. The molecular weight excluding hydrogens is 362 g/mol. The Labute approximate surface area is 164 Å². The first-order chi connectivity index (χ1) is 13.1. The van der Waals surface area contributed by atoms with E-state index in [0.717, 1.165) is 24.4 Å². The van der Waals surface area contributed by atoms with Gasteiger partial charge in [-0.25, -0.2) is 0 Å². The average Bonchev–Trinajstić information content (AvgIpc) is 3.15. The molecule has 1 fully saturated rings. The lowest BCUT2D eigenvalue weighted by atomic mass is 9.87. The summed E-state index contributed by atoms with van der Waals surface area (Å²) in [7, 11) is 1.91. The summed E-state index contributed by atoms with van der Waals surface area (Å²) in [5, 5.41) is 12.5. The number of rotatable bonds is 7. The van der Waals surface area contributed by atoms with Crippen LogP contribution < -0.4 is 4.74 Å². The molecule has 0 spiro atoms. The molecule has 0 bridgehead atoms. The standard InChI is InChI=1S/C19H27N5O2S/c1-4-26-17-8-6-5-7-16(17)24-19(20-21-22-24)27-13-18(25)23(3)15-11-9-14(2)10-12-15/h5-8,14-15H,4,9-13H2,1-3H3. The predicted octanol–water partition coefficient (Wildman–Crippen LogP) is 3.19. The van der Waals surface area contributed by atoms with E-state index in [4.69, 9.17) is 4.74 Å². The lowest BCUT2D eigenvalue weighted by Crippen LogP contribution is -2.40. The minimum Gasteiger partial charge on any atom is -0.492 e. The minimum absolute atomic E-state index is 0.118. The van der Waals surface area contributed by atoms with Gasteiger partial charge in [0.1, 0.15) is 11.4 Å². The highest BCUT2D eigenvalue weighted by atomic mass is 32.2. The molecule has 8 heteroatoms. The Morgan fingerprint density at radius 2 is 2.04 bits per heavy atom. The molecule has 0 radical (unpaired) electrons. The highest BCUT2D eigenvalue weighted by Gasteiger charge is 2.25. The highest BCUT2D eigenvalue weighted by Crippen LogP contribution is 2.28. The van der Waals surface area contributed by atoms with Gasteiger partial charge >= 0.3 is 0 Å². The van der Waals surface area contributed by atoms with Gasteiger partial charge < -0.3 is 9.64 Å². The predicted molar refractivity (Wildman–Crippen MR) is 105 cm³/mol. The van der Waals surface area contributed by atoms with Crippen LogP contribution in [0.15, 0.2) is 29.4 Å². The Balaban J connectivity index is 1.64. The second-order valence-corrected chi connectivity index (χ2v) is 7.92.